The van der Waals surface area contributed by atoms with Crippen LogP contribution in [-0.4, -0.2) is 43.0 Å². The van der Waals surface area contributed by atoms with Gasteiger partial charge in [0.2, 0.25) is 5.91 Å². The number of hydrogen-bond acceptors (Lipinski definition) is 5. The Morgan fingerprint density at radius 3 is 2.62 bits per heavy atom. The Morgan fingerprint density at radius 1 is 1.33 bits per heavy atom. The summed E-state index contributed by atoms with van der Waals surface area (Å²) in [7, 11) is 0. The molecule has 0 unspecified atom stereocenters. The van der Waals surface area contributed by atoms with Gasteiger partial charge < -0.3 is 25.6 Å². The number of anilines is 1. The molecule has 0 bridgehead atoms. The Morgan fingerprint density at radius 2 is 2.00 bits per heavy atom. The zero-order valence-electron chi connectivity index (χ0n) is 12.0. The van der Waals surface area contributed by atoms with E-state index in [1.165, 1.54) is 0 Å². The summed E-state index contributed by atoms with van der Waals surface area (Å²) in [6.45, 7) is 1.33. The standard InChI is InChI=1S/C15H22N2O4/c16-12-1-3-13(4-2-12)21-8-5-14(19)17-15(11-18)6-9-20-10-7-15/h1-4,18H,5-11,16H2,(H,17,19). The van der Waals surface area contributed by atoms with Crippen LogP contribution in [0.1, 0.15) is 19.3 Å². The van der Waals surface area contributed by atoms with Gasteiger partial charge in [-0.15, -0.1) is 0 Å². The molecule has 0 aliphatic carbocycles. The van der Waals surface area contributed by atoms with Gasteiger partial charge in [0.25, 0.3) is 0 Å². The Hall–Kier alpha value is -1.79. The van der Waals surface area contributed by atoms with Crippen molar-refractivity contribution < 1.29 is 19.4 Å². The SMILES string of the molecule is Nc1ccc(OCCC(=O)NC2(CO)CCOCC2)cc1. The summed E-state index contributed by atoms with van der Waals surface area (Å²) < 4.78 is 10.7. The molecule has 116 valence electrons. The Kier molecular flexibility index (Phi) is 5.41. The van der Waals surface area contributed by atoms with Gasteiger partial charge in [0.05, 0.1) is 25.2 Å². The smallest absolute Gasteiger partial charge is 0.223 e. The highest BCUT2D eigenvalue weighted by atomic mass is 16.5. The fourth-order valence-corrected chi connectivity index (χ4v) is 2.27. The molecule has 1 heterocycles. The fourth-order valence-electron chi connectivity index (χ4n) is 2.27. The van der Waals surface area contributed by atoms with Crippen molar-refractivity contribution in [3.8, 4) is 5.75 Å². The summed E-state index contributed by atoms with van der Waals surface area (Å²) in [6, 6.07) is 7.03. The summed E-state index contributed by atoms with van der Waals surface area (Å²) in [5.74, 6) is 0.557. The monoisotopic (exact) mass is 294 g/mol. The topological polar surface area (TPSA) is 93.8 Å². The molecule has 0 spiro atoms. The van der Waals surface area contributed by atoms with Crippen LogP contribution in [0.4, 0.5) is 5.69 Å². The maximum absolute atomic E-state index is 12.0. The number of nitrogen functional groups attached to an aromatic ring is 1. The third-order valence-corrected chi connectivity index (χ3v) is 3.64. The van der Waals surface area contributed by atoms with Crippen molar-refractivity contribution >= 4 is 11.6 Å². The Labute approximate surface area is 124 Å². The van der Waals surface area contributed by atoms with E-state index in [0.717, 1.165) is 0 Å². The van der Waals surface area contributed by atoms with Crippen LogP contribution < -0.4 is 15.8 Å². The first-order valence-electron chi connectivity index (χ1n) is 7.11. The van der Waals surface area contributed by atoms with Gasteiger partial charge >= 0.3 is 0 Å². The number of aliphatic hydroxyl groups excluding tert-OH is 1. The van der Waals surface area contributed by atoms with Crippen LogP contribution in [0.2, 0.25) is 0 Å². The van der Waals surface area contributed by atoms with E-state index in [2.05, 4.69) is 5.32 Å². The lowest BCUT2D eigenvalue weighted by molar-refractivity contribution is -0.125. The molecule has 21 heavy (non-hydrogen) atoms. The van der Waals surface area contributed by atoms with E-state index < -0.39 is 5.54 Å². The number of carbonyl (C=O) groups excluding carboxylic acids is 1. The minimum Gasteiger partial charge on any atom is -0.493 e. The fraction of sp³-hybridized carbons (Fsp3) is 0.533. The van der Waals surface area contributed by atoms with Gasteiger partial charge in [-0.3, -0.25) is 4.79 Å². The number of carbonyl (C=O) groups is 1. The molecule has 6 nitrogen and oxygen atoms in total. The molecule has 4 N–H and O–H groups in total. The molecule has 1 amide bonds. The van der Waals surface area contributed by atoms with Crippen molar-refractivity contribution in [2.75, 3.05) is 32.2 Å². The van der Waals surface area contributed by atoms with Gasteiger partial charge in [0, 0.05) is 18.9 Å². The molecule has 1 fully saturated rings. The average molecular weight is 294 g/mol. The van der Waals surface area contributed by atoms with Gasteiger partial charge in [-0.1, -0.05) is 0 Å². The van der Waals surface area contributed by atoms with Gasteiger partial charge in [0.1, 0.15) is 5.75 Å². The largest absolute Gasteiger partial charge is 0.493 e. The lowest BCUT2D eigenvalue weighted by Crippen LogP contribution is -2.54. The van der Waals surface area contributed by atoms with Gasteiger partial charge in [0.15, 0.2) is 0 Å². The van der Waals surface area contributed by atoms with Crippen LogP contribution >= 0.6 is 0 Å². The summed E-state index contributed by atoms with van der Waals surface area (Å²) >= 11 is 0. The second kappa shape index (κ2) is 7.28. The lowest BCUT2D eigenvalue weighted by Gasteiger charge is -2.36. The van der Waals surface area contributed by atoms with E-state index in [1.54, 1.807) is 24.3 Å². The molecule has 1 aromatic rings. The van der Waals surface area contributed by atoms with Gasteiger partial charge in [-0.2, -0.15) is 0 Å². The Balaban J connectivity index is 1.75. The highest BCUT2D eigenvalue weighted by Gasteiger charge is 2.33. The van der Waals surface area contributed by atoms with Crippen LogP contribution in [-0.2, 0) is 9.53 Å². The summed E-state index contributed by atoms with van der Waals surface area (Å²) in [5.41, 5.74) is 5.71. The molecule has 1 aromatic carbocycles. The van der Waals surface area contributed by atoms with Crippen LogP contribution in [0, 0.1) is 0 Å². The first kappa shape index (κ1) is 15.6. The number of nitrogens with one attached hydrogen (secondary N) is 1. The third kappa shape index (κ3) is 4.61. The number of nitrogens with two attached hydrogens (primary N) is 1. The van der Waals surface area contributed by atoms with Crippen LogP contribution in [0.3, 0.4) is 0 Å². The van der Waals surface area contributed by atoms with Crippen LogP contribution in [0.5, 0.6) is 5.75 Å². The molecule has 1 aliphatic heterocycles. The molecule has 1 aliphatic rings. The van der Waals surface area contributed by atoms with E-state index in [-0.39, 0.29) is 25.5 Å². The summed E-state index contributed by atoms with van der Waals surface area (Å²) in [6.07, 6.45) is 1.51. The normalized spacial score (nSPS) is 17.2. The first-order chi connectivity index (χ1) is 10.1. The number of hydrogen-bond donors (Lipinski definition) is 3. The highest BCUT2D eigenvalue weighted by Crippen LogP contribution is 2.20. The molecule has 0 radical (unpaired) electrons. The predicted molar refractivity (Wildman–Crippen MR) is 79.0 cm³/mol. The van der Waals surface area contributed by atoms with Gasteiger partial charge in [-0.25, -0.2) is 0 Å². The number of ether oxygens (including phenoxy) is 2. The second-order valence-electron chi connectivity index (χ2n) is 5.27. The van der Waals surface area contributed by atoms with Crippen LogP contribution in [0.15, 0.2) is 24.3 Å². The number of rotatable bonds is 6. The second-order valence-corrected chi connectivity index (χ2v) is 5.27. The quantitative estimate of drug-likeness (QED) is 0.671. The maximum Gasteiger partial charge on any atom is 0.223 e. The van der Waals surface area contributed by atoms with Crippen molar-refractivity contribution in [2.24, 2.45) is 0 Å². The first-order valence-corrected chi connectivity index (χ1v) is 7.11. The van der Waals surface area contributed by atoms with E-state index in [0.29, 0.717) is 37.5 Å². The predicted octanol–water partition coefficient (Wildman–Crippen LogP) is 0.695. The molecule has 0 atom stereocenters. The van der Waals surface area contributed by atoms with E-state index >= 15 is 0 Å². The van der Waals surface area contributed by atoms with Crippen molar-refractivity contribution in [1.29, 1.82) is 0 Å². The minimum atomic E-state index is -0.545. The Bertz CT molecular complexity index is 455. The van der Waals surface area contributed by atoms with E-state index in [9.17, 15) is 9.90 Å². The van der Waals surface area contributed by atoms with Crippen LogP contribution in [0.25, 0.3) is 0 Å². The average Bonchev–Trinajstić information content (AvgIpc) is 2.50. The van der Waals surface area contributed by atoms with Crippen molar-refractivity contribution in [3.05, 3.63) is 24.3 Å². The van der Waals surface area contributed by atoms with Crippen molar-refractivity contribution in [2.45, 2.75) is 24.8 Å². The molecule has 2 rings (SSSR count). The summed E-state index contributed by atoms with van der Waals surface area (Å²) in [5, 5.41) is 12.4. The zero-order chi connectivity index (χ0) is 15.1. The van der Waals surface area contributed by atoms with E-state index in [1.807, 2.05) is 0 Å². The molecular weight excluding hydrogens is 272 g/mol. The highest BCUT2D eigenvalue weighted by molar-refractivity contribution is 5.77. The summed E-state index contributed by atoms with van der Waals surface area (Å²) in [4.78, 5) is 12.0. The van der Waals surface area contributed by atoms with E-state index in [4.69, 9.17) is 15.2 Å². The number of benzene rings is 1. The lowest BCUT2D eigenvalue weighted by atomic mass is 9.91. The zero-order valence-corrected chi connectivity index (χ0v) is 12.0. The minimum absolute atomic E-state index is 0.0685. The molecule has 1 saturated heterocycles. The molecule has 0 aromatic heterocycles. The third-order valence-electron chi connectivity index (χ3n) is 3.64. The molecule has 0 saturated carbocycles. The van der Waals surface area contributed by atoms with Crippen molar-refractivity contribution in [1.82, 2.24) is 5.32 Å². The maximum atomic E-state index is 12.0. The molecular formula is C15H22N2O4. The van der Waals surface area contributed by atoms with Crippen molar-refractivity contribution in [3.63, 3.8) is 0 Å². The van der Waals surface area contributed by atoms with Gasteiger partial charge in [-0.05, 0) is 37.1 Å². The number of aliphatic hydroxyl groups is 1. The number of amides is 1. The molecule has 6 heteroatoms.